The van der Waals surface area contributed by atoms with Crippen molar-refractivity contribution in [3.8, 4) is 16.6 Å². The summed E-state index contributed by atoms with van der Waals surface area (Å²) in [6, 6.07) is 8.05. The summed E-state index contributed by atoms with van der Waals surface area (Å²) in [5, 5.41) is 12.5. The molecule has 0 saturated heterocycles. The van der Waals surface area contributed by atoms with Crippen LogP contribution in [-0.2, 0) is 0 Å². The van der Waals surface area contributed by atoms with Gasteiger partial charge in [0.05, 0.1) is 12.8 Å². The standard InChI is InChI=1S/C16H17N5OS2/c1-9(2)12-8-23-15(17-12)13-18-19-16-21(13)20-14(24-16)10-4-6-11(22-3)7-5-10/h4-9,14,20H,1-3H3. The Labute approximate surface area is 148 Å². The lowest BCUT2D eigenvalue weighted by molar-refractivity contribution is 0.414. The highest BCUT2D eigenvalue weighted by molar-refractivity contribution is 7.99. The number of thiazole rings is 1. The van der Waals surface area contributed by atoms with Crippen LogP contribution in [0.25, 0.3) is 10.8 Å². The molecule has 0 aliphatic carbocycles. The Kier molecular flexibility index (Phi) is 3.93. The number of aromatic nitrogens is 4. The number of fused-ring (bicyclic) bond motifs is 1. The van der Waals surface area contributed by atoms with Gasteiger partial charge in [-0.15, -0.1) is 21.5 Å². The van der Waals surface area contributed by atoms with E-state index in [9.17, 15) is 0 Å². The van der Waals surface area contributed by atoms with E-state index in [1.807, 2.05) is 16.8 Å². The topological polar surface area (TPSA) is 64.9 Å². The van der Waals surface area contributed by atoms with E-state index in [2.05, 4.69) is 52.0 Å². The molecule has 6 nitrogen and oxygen atoms in total. The lowest BCUT2D eigenvalue weighted by Crippen LogP contribution is -2.13. The number of benzene rings is 1. The predicted molar refractivity (Wildman–Crippen MR) is 96.2 cm³/mol. The average Bonchev–Trinajstić information content (AvgIpc) is 3.29. The molecule has 1 N–H and O–H groups in total. The molecule has 0 fully saturated rings. The Hall–Kier alpha value is -2.06. The molecule has 1 aliphatic heterocycles. The maximum absolute atomic E-state index is 5.22. The Bertz CT molecular complexity index is 856. The Morgan fingerprint density at radius 1 is 1.21 bits per heavy atom. The van der Waals surface area contributed by atoms with Gasteiger partial charge in [0.15, 0.2) is 5.01 Å². The number of hydrogen-bond donors (Lipinski definition) is 1. The Morgan fingerprint density at radius 3 is 2.67 bits per heavy atom. The van der Waals surface area contributed by atoms with Gasteiger partial charge in [0.1, 0.15) is 11.1 Å². The molecule has 0 spiro atoms. The zero-order valence-electron chi connectivity index (χ0n) is 13.6. The fourth-order valence-electron chi connectivity index (χ4n) is 2.43. The first-order chi connectivity index (χ1) is 11.7. The van der Waals surface area contributed by atoms with Gasteiger partial charge >= 0.3 is 0 Å². The lowest BCUT2D eigenvalue weighted by Gasteiger charge is -2.12. The second kappa shape index (κ2) is 6.10. The number of hydrogen-bond acceptors (Lipinski definition) is 7. The van der Waals surface area contributed by atoms with Gasteiger partial charge in [0.2, 0.25) is 11.0 Å². The van der Waals surface area contributed by atoms with Crippen LogP contribution in [0.1, 0.15) is 36.4 Å². The molecule has 0 saturated carbocycles. The fraction of sp³-hybridized carbons (Fsp3) is 0.312. The molecule has 1 aromatic carbocycles. The summed E-state index contributed by atoms with van der Waals surface area (Å²) in [5.74, 6) is 2.03. The van der Waals surface area contributed by atoms with Crippen molar-refractivity contribution in [2.24, 2.45) is 0 Å². The van der Waals surface area contributed by atoms with Crippen molar-refractivity contribution >= 4 is 23.1 Å². The quantitative estimate of drug-likeness (QED) is 0.762. The Morgan fingerprint density at radius 2 is 2.00 bits per heavy atom. The first-order valence-electron chi connectivity index (χ1n) is 7.64. The van der Waals surface area contributed by atoms with Crippen LogP contribution in [-0.4, -0.2) is 27.0 Å². The van der Waals surface area contributed by atoms with Crippen LogP contribution in [0.2, 0.25) is 0 Å². The van der Waals surface area contributed by atoms with Crippen LogP contribution in [0.5, 0.6) is 5.75 Å². The summed E-state index contributed by atoms with van der Waals surface area (Å²) in [5.41, 5.74) is 5.71. The highest BCUT2D eigenvalue weighted by atomic mass is 32.2. The number of thioether (sulfide) groups is 1. The number of ether oxygens (including phenoxy) is 1. The molecule has 4 rings (SSSR count). The first-order valence-corrected chi connectivity index (χ1v) is 9.40. The van der Waals surface area contributed by atoms with Crippen molar-refractivity contribution in [1.29, 1.82) is 0 Å². The van der Waals surface area contributed by atoms with Gasteiger partial charge < -0.3 is 10.2 Å². The van der Waals surface area contributed by atoms with Crippen LogP contribution < -0.4 is 10.2 Å². The van der Waals surface area contributed by atoms with Gasteiger partial charge in [-0.1, -0.05) is 37.7 Å². The van der Waals surface area contributed by atoms with E-state index >= 15 is 0 Å². The fourth-order valence-corrected chi connectivity index (χ4v) is 4.37. The molecule has 0 bridgehead atoms. The van der Waals surface area contributed by atoms with Crippen LogP contribution in [0.15, 0.2) is 34.8 Å². The largest absolute Gasteiger partial charge is 0.497 e. The number of nitrogens with one attached hydrogen (secondary N) is 1. The lowest BCUT2D eigenvalue weighted by atomic mass is 10.2. The maximum Gasteiger partial charge on any atom is 0.212 e. The highest BCUT2D eigenvalue weighted by Crippen LogP contribution is 2.40. The van der Waals surface area contributed by atoms with E-state index in [1.54, 1.807) is 30.2 Å². The van der Waals surface area contributed by atoms with E-state index in [1.165, 1.54) is 5.56 Å². The molecule has 1 aliphatic rings. The molecule has 3 aromatic rings. The van der Waals surface area contributed by atoms with E-state index in [4.69, 9.17) is 4.74 Å². The summed E-state index contributed by atoms with van der Waals surface area (Å²) in [7, 11) is 1.67. The minimum atomic E-state index is 0.102. The van der Waals surface area contributed by atoms with Crippen LogP contribution in [0, 0.1) is 0 Å². The normalized spacial score (nSPS) is 16.2. The zero-order valence-corrected chi connectivity index (χ0v) is 15.2. The summed E-state index contributed by atoms with van der Waals surface area (Å²) < 4.78 is 7.15. The minimum Gasteiger partial charge on any atom is -0.497 e. The van der Waals surface area contributed by atoms with Gasteiger partial charge in [-0.05, 0) is 23.6 Å². The Balaban J connectivity index is 1.59. The zero-order chi connectivity index (χ0) is 16.7. The van der Waals surface area contributed by atoms with E-state index in [0.717, 1.165) is 27.4 Å². The smallest absolute Gasteiger partial charge is 0.212 e. The summed E-state index contributed by atoms with van der Waals surface area (Å²) in [4.78, 5) is 4.68. The molecule has 3 heterocycles. The van der Waals surface area contributed by atoms with Gasteiger partial charge in [0.25, 0.3) is 0 Å². The molecule has 124 valence electrons. The predicted octanol–water partition coefficient (Wildman–Crippen LogP) is 3.88. The molecule has 2 aromatic heterocycles. The molecule has 1 unspecified atom stereocenters. The summed E-state index contributed by atoms with van der Waals surface area (Å²) in [6.07, 6.45) is 0. The van der Waals surface area contributed by atoms with Crippen LogP contribution in [0.3, 0.4) is 0 Å². The molecule has 0 amide bonds. The summed E-state index contributed by atoms with van der Waals surface area (Å²) >= 11 is 3.25. The van der Waals surface area contributed by atoms with E-state index < -0.39 is 0 Å². The molecule has 1 atom stereocenters. The van der Waals surface area contributed by atoms with Crippen LogP contribution in [0.4, 0.5) is 0 Å². The number of methoxy groups -OCH3 is 1. The van der Waals surface area contributed by atoms with Gasteiger partial charge in [-0.2, -0.15) is 0 Å². The minimum absolute atomic E-state index is 0.102. The summed E-state index contributed by atoms with van der Waals surface area (Å²) in [6.45, 7) is 4.28. The monoisotopic (exact) mass is 359 g/mol. The van der Waals surface area contributed by atoms with Gasteiger partial charge in [-0.3, -0.25) is 0 Å². The second-order valence-electron chi connectivity index (χ2n) is 5.77. The first kappa shape index (κ1) is 15.5. The molecule has 24 heavy (non-hydrogen) atoms. The van der Waals surface area contributed by atoms with Crippen molar-refractivity contribution in [3.63, 3.8) is 0 Å². The molecular weight excluding hydrogens is 342 g/mol. The van der Waals surface area contributed by atoms with E-state index in [-0.39, 0.29) is 5.37 Å². The van der Waals surface area contributed by atoms with E-state index in [0.29, 0.717) is 5.92 Å². The molecule has 0 radical (unpaired) electrons. The maximum atomic E-state index is 5.22. The van der Waals surface area contributed by atoms with Crippen molar-refractivity contribution in [2.75, 3.05) is 12.5 Å². The number of rotatable bonds is 4. The van der Waals surface area contributed by atoms with Crippen molar-refractivity contribution in [3.05, 3.63) is 40.9 Å². The van der Waals surface area contributed by atoms with Gasteiger partial charge in [-0.25, -0.2) is 9.66 Å². The second-order valence-corrected chi connectivity index (χ2v) is 7.70. The highest BCUT2D eigenvalue weighted by Gasteiger charge is 2.29. The van der Waals surface area contributed by atoms with Gasteiger partial charge in [0, 0.05) is 5.38 Å². The SMILES string of the molecule is COc1ccc(C2Nn3c(nnc3-c3nc(C(C)C)cs3)S2)cc1. The third-order valence-electron chi connectivity index (χ3n) is 3.83. The van der Waals surface area contributed by atoms with Crippen molar-refractivity contribution in [1.82, 2.24) is 19.9 Å². The molecular formula is C16H17N5OS2. The third kappa shape index (κ3) is 2.65. The van der Waals surface area contributed by atoms with Crippen molar-refractivity contribution in [2.45, 2.75) is 30.3 Å². The van der Waals surface area contributed by atoms with Crippen molar-refractivity contribution < 1.29 is 4.74 Å². The average molecular weight is 359 g/mol. The third-order valence-corrected chi connectivity index (χ3v) is 5.77. The van der Waals surface area contributed by atoms with Crippen LogP contribution >= 0.6 is 23.1 Å². The number of nitrogens with zero attached hydrogens (tertiary/aromatic N) is 4. The molecule has 8 heteroatoms.